The third kappa shape index (κ3) is 3.74. The van der Waals surface area contributed by atoms with Crippen molar-refractivity contribution in [1.29, 1.82) is 0 Å². The second-order valence-corrected chi connectivity index (χ2v) is 5.13. The maximum absolute atomic E-state index is 11.9. The van der Waals surface area contributed by atoms with Crippen LogP contribution in [0.3, 0.4) is 0 Å². The first-order valence-electron chi connectivity index (χ1n) is 6.06. The predicted octanol–water partition coefficient (Wildman–Crippen LogP) is 4.41. The Morgan fingerprint density at radius 2 is 1.65 bits per heavy atom. The first-order valence-corrected chi connectivity index (χ1v) is 6.86. The van der Waals surface area contributed by atoms with Crippen molar-refractivity contribution >= 4 is 33.3 Å². The SMILES string of the molecule is COc1ccc(NC(=O)Nc2ccc(C)c(Br)c2)cc1. The standard InChI is InChI=1S/C15H15BrN2O2/c1-10-3-4-12(9-14(10)16)18-15(19)17-11-5-7-13(20-2)8-6-11/h3-9H,1-2H3,(H2,17,18,19). The summed E-state index contributed by atoms with van der Waals surface area (Å²) in [5, 5.41) is 5.53. The molecule has 0 saturated carbocycles. The molecule has 0 fully saturated rings. The summed E-state index contributed by atoms with van der Waals surface area (Å²) in [5.41, 5.74) is 2.55. The van der Waals surface area contributed by atoms with Crippen LogP contribution in [0.1, 0.15) is 5.56 Å². The smallest absolute Gasteiger partial charge is 0.323 e. The monoisotopic (exact) mass is 334 g/mol. The molecule has 0 atom stereocenters. The van der Waals surface area contributed by atoms with Crippen LogP contribution in [0.4, 0.5) is 16.2 Å². The van der Waals surface area contributed by atoms with Gasteiger partial charge in [0.1, 0.15) is 5.75 Å². The van der Waals surface area contributed by atoms with Gasteiger partial charge < -0.3 is 15.4 Å². The number of carbonyl (C=O) groups is 1. The molecule has 0 spiro atoms. The van der Waals surface area contributed by atoms with Crippen LogP contribution in [-0.4, -0.2) is 13.1 Å². The highest BCUT2D eigenvalue weighted by Crippen LogP contribution is 2.21. The highest BCUT2D eigenvalue weighted by atomic mass is 79.9. The number of hydrogen-bond donors (Lipinski definition) is 2. The van der Waals surface area contributed by atoms with E-state index < -0.39 is 0 Å². The second kappa shape index (κ2) is 6.43. The van der Waals surface area contributed by atoms with E-state index in [1.807, 2.05) is 25.1 Å². The number of amides is 2. The van der Waals surface area contributed by atoms with E-state index >= 15 is 0 Å². The van der Waals surface area contributed by atoms with Crippen molar-refractivity contribution in [3.05, 3.63) is 52.5 Å². The van der Waals surface area contributed by atoms with Crippen LogP contribution in [0.15, 0.2) is 46.9 Å². The van der Waals surface area contributed by atoms with Crippen molar-refractivity contribution in [2.45, 2.75) is 6.92 Å². The van der Waals surface area contributed by atoms with Crippen LogP contribution in [0.5, 0.6) is 5.75 Å². The van der Waals surface area contributed by atoms with Gasteiger partial charge in [-0.3, -0.25) is 0 Å². The highest BCUT2D eigenvalue weighted by molar-refractivity contribution is 9.10. The molecule has 2 aromatic carbocycles. The van der Waals surface area contributed by atoms with Crippen molar-refractivity contribution < 1.29 is 9.53 Å². The Labute approximate surface area is 126 Å². The number of methoxy groups -OCH3 is 1. The fraction of sp³-hybridized carbons (Fsp3) is 0.133. The molecular formula is C15H15BrN2O2. The molecule has 0 radical (unpaired) electrons. The van der Waals surface area contributed by atoms with E-state index in [9.17, 15) is 4.79 Å². The Morgan fingerprint density at radius 3 is 2.25 bits per heavy atom. The average molecular weight is 335 g/mol. The first kappa shape index (κ1) is 14.4. The van der Waals surface area contributed by atoms with Gasteiger partial charge in [-0.25, -0.2) is 4.79 Å². The topological polar surface area (TPSA) is 50.4 Å². The van der Waals surface area contributed by atoms with Crippen LogP contribution in [0.25, 0.3) is 0 Å². The minimum Gasteiger partial charge on any atom is -0.497 e. The minimum absolute atomic E-state index is 0.286. The average Bonchev–Trinajstić information content (AvgIpc) is 2.44. The summed E-state index contributed by atoms with van der Waals surface area (Å²) in [6.07, 6.45) is 0. The number of anilines is 2. The third-order valence-electron chi connectivity index (χ3n) is 2.78. The fourth-order valence-electron chi connectivity index (χ4n) is 1.64. The van der Waals surface area contributed by atoms with Crippen molar-refractivity contribution in [1.82, 2.24) is 0 Å². The maximum atomic E-state index is 11.9. The zero-order valence-electron chi connectivity index (χ0n) is 11.2. The number of urea groups is 1. The number of rotatable bonds is 3. The molecule has 5 heteroatoms. The number of hydrogen-bond acceptors (Lipinski definition) is 2. The van der Waals surface area contributed by atoms with Gasteiger partial charge in [-0.2, -0.15) is 0 Å². The lowest BCUT2D eigenvalue weighted by atomic mass is 10.2. The van der Waals surface area contributed by atoms with E-state index in [0.717, 1.165) is 21.5 Å². The molecule has 2 rings (SSSR count). The highest BCUT2D eigenvalue weighted by Gasteiger charge is 2.04. The maximum Gasteiger partial charge on any atom is 0.323 e. The molecule has 2 aromatic rings. The Morgan fingerprint density at radius 1 is 1.05 bits per heavy atom. The van der Waals surface area contributed by atoms with Crippen molar-refractivity contribution in [2.24, 2.45) is 0 Å². The third-order valence-corrected chi connectivity index (χ3v) is 3.63. The van der Waals surface area contributed by atoms with Crippen LogP contribution in [-0.2, 0) is 0 Å². The first-order chi connectivity index (χ1) is 9.58. The van der Waals surface area contributed by atoms with E-state index in [4.69, 9.17) is 4.74 Å². The van der Waals surface area contributed by atoms with Crippen LogP contribution >= 0.6 is 15.9 Å². The quantitative estimate of drug-likeness (QED) is 0.873. The zero-order valence-corrected chi connectivity index (χ0v) is 12.8. The summed E-state index contributed by atoms with van der Waals surface area (Å²) in [5.74, 6) is 0.749. The molecule has 20 heavy (non-hydrogen) atoms. The van der Waals surface area contributed by atoms with Gasteiger partial charge in [0.15, 0.2) is 0 Å². The summed E-state index contributed by atoms with van der Waals surface area (Å²) >= 11 is 3.43. The molecule has 0 aromatic heterocycles. The number of carbonyl (C=O) groups excluding carboxylic acids is 1. The molecule has 2 N–H and O–H groups in total. The number of halogens is 1. The van der Waals surface area contributed by atoms with Gasteiger partial charge in [-0.15, -0.1) is 0 Å². The molecule has 2 amide bonds. The van der Waals surface area contributed by atoms with Crippen molar-refractivity contribution in [2.75, 3.05) is 17.7 Å². The fourth-order valence-corrected chi connectivity index (χ4v) is 2.02. The molecule has 0 unspecified atom stereocenters. The summed E-state index contributed by atoms with van der Waals surface area (Å²) in [6, 6.07) is 12.5. The molecule has 0 aliphatic rings. The van der Waals surface area contributed by atoms with Gasteiger partial charge in [-0.1, -0.05) is 22.0 Å². The van der Waals surface area contributed by atoms with Crippen LogP contribution in [0.2, 0.25) is 0 Å². The molecule has 104 valence electrons. The van der Waals surface area contributed by atoms with Gasteiger partial charge in [-0.05, 0) is 48.9 Å². The van der Waals surface area contributed by atoms with Gasteiger partial charge in [0, 0.05) is 15.8 Å². The van der Waals surface area contributed by atoms with Crippen LogP contribution < -0.4 is 15.4 Å². The van der Waals surface area contributed by atoms with Crippen molar-refractivity contribution in [3.63, 3.8) is 0 Å². The largest absolute Gasteiger partial charge is 0.497 e. The van der Waals surface area contributed by atoms with Gasteiger partial charge in [0.25, 0.3) is 0 Å². The number of ether oxygens (including phenoxy) is 1. The van der Waals surface area contributed by atoms with Gasteiger partial charge in [0.05, 0.1) is 7.11 Å². The normalized spacial score (nSPS) is 9.95. The van der Waals surface area contributed by atoms with E-state index in [1.165, 1.54) is 0 Å². The Hall–Kier alpha value is -2.01. The molecule has 0 bridgehead atoms. The second-order valence-electron chi connectivity index (χ2n) is 4.27. The number of aryl methyl sites for hydroxylation is 1. The molecule has 4 nitrogen and oxygen atoms in total. The molecule has 0 heterocycles. The van der Waals surface area contributed by atoms with E-state index in [1.54, 1.807) is 31.4 Å². The molecular weight excluding hydrogens is 320 g/mol. The summed E-state index contributed by atoms with van der Waals surface area (Å²) in [6.45, 7) is 1.99. The molecule has 0 aliphatic heterocycles. The van der Waals surface area contributed by atoms with E-state index in [0.29, 0.717) is 5.69 Å². The molecule has 0 saturated heterocycles. The van der Waals surface area contributed by atoms with Crippen molar-refractivity contribution in [3.8, 4) is 5.75 Å². The zero-order chi connectivity index (χ0) is 14.5. The Kier molecular flexibility index (Phi) is 4.63. The summed E-state index contributed by atoms with van der Waals surface area (Å²) < 4.78 is 6.02. The van der Waals surface area contributed by atoms with Gasteiger partial charge in [0.2, 0.25) is 0 Å². The number of nitrogens with one attached hydrogen (secondary N) is 2. The molecule has 0 aliphatic carbocycles. The van der Waals surface area contributed by atoms with E-state index in [-0.39, 0.29) is 6.03 Å². The lowest BCUT2D eigenvalue weighted by Crippen LogP contribution is -2.19. The Bertz CT molecular complexity index is 612. The predicted molar refractivity (Wildman–Crippen MR) is 84.5 cm³/mol. The van der Waals surface area contributed by atoms with E-state index in [2.05, 4.69) is 26.6 Å². The minimum atomic E-state index is -0.286. The lowest BCUT2D eigenvalue weighted by molar-refractivity contribution is 0.262. The number of benzene rings is 2. The van der Waals surface area contributed by atoms with Gasteiger partial charge >= 0.3 is 6.03 Å². The summed E-state index contributed by atoms with van der Waals surface area (Å²) in [7, 11) is 1.60. The lowest BCUT2D eigenvalue weighted by Gasteiger charge is -2.09. The Balaban J connectivity index is 1.99. The van der Waals surface area contributed by atoms with Crippen LogP contribution in [0, 0.1) is 6.92 Å². The summed E-state index contributed by atoms with van der Waals surface area (Å²) in [4.78, 5) is 11.9.